The number of fused-ring (bicyclic) bond motifs is 1. The zero-order valence-electron chi connectivity index (χ0n) is 16.1. The number of β-amino-alcohol motifs (C(OH)–C–C–N with tert-alkyl or cyclic N) is 1. The Balaban J connectivity index is 1.75. The predicted octanol–water partition coefficient (Wildman–Crippen LogP) is 1.23. The van der Waals surface area contributed by atoms with Crippen molar-refractivity contribution in [2.45, 2.75) is 20.8 Å². The van der Waals surface area contributed by atoms with Crippen LogP contribution in [0.4, 0.5) is 0 Å². The molecule has 0 unspecified atom stereocenters. The van der Waals surface area contributed by atoms with E-state index < -0.39 is 0 Å². The molecule has 1 amide bonds. The van der Waals surface area contributed by atoms with Gasteiger partial charge >= 0.3 is 5.63 Å². The summed E-state index contributed by atoms with van der Waals surface area (Å²) in [5, 5.41) is 9.74. The molecule has 146 valence electrons. The minimum absolute atomic E-state index is 0.0594. The molecule has 2 aromatic rings. The molecule has 1 aromatic heterocycles. The molecule has 1 aliphatic heterocycles. The van der Waals surface area contributed by atoms with Gasteiger partial charge in [-0.25, -0.2) is 4.79 Å². The Morgan fingerprint density at radius 2 is 1.85 bits per heavy atom. The molecule has 2 heterocycles. The summed E-state index contributed by atoms with van der Waals surface area (Å²) in [7, 11) is 0. The number of carbonyl (C=O) groups excluding carboxylic acids is 1. The average molecular weight is 374 g/mol. The van der Waals surface area contributed by atoms with Crippen LogP contribution in [-0.2, 0) is 4.79 Å². The van der Waals surface area contributed by atoms with E-state index in [4.69, 9.17) is 14.3 Å². The summed E-state index contributed by atoms with van der Waals surface area (Å²) in [6, 6.07) is 3.67. The number of carbonyl (C=O) groups is 1. The van der Waals surface area contributed by atoms with E-state index in [0.717, 1.165) is 29.6 Å². The number of nitrogens with zero attached hydrogens (tertiary/aromatic N) is 2. The Morgan fingerprint density at radius 3 is 2.52 bits per heavy atom. The number of ether oxygens (including phenoxy) is 1. The van der Waals surface area contributed by atoms with Gasteiger partial charge in [0.05, 0.1) is 12.0 Å². The monoisotopic (exact) mass is 374 g/mol. The third-order valence-electron chi connectivity index (χ3n) is 5.15. The van der Waals surface area contributed by atoms with E-state index >= 15 is 0 Å². The molecule has 27 heavy (non-hydrogen) atoms. The lowest BCUT2D eigenvalue weighted by Gasteiger charge is -2.34. The van der Waals surface area contributed by atoms with Crippen LogP contribution < -0.4 is 10.4 Å². The van der Waals surface area contributed by atoms with Crippen molar-refractivity contribution in [3.8, 4) is 5.75 Å². The number of aryl methyl sites for hydroxylation is 2. The van der Waals surface area contributed by atoms with Gasteiger partial charge in [-0.15, -0.1) is 0 Å². The first-order chi connectivity index (χ1) is 12.9. The number of rotatable bonds is 5. The maximum Gasteiger partial charge on any atom is 0.339 e. The third kappa shape index (κ3) is 4.14. The summed E-state index contributed by atoms with van der Waals surface area (Å²) in [5.74, 6) is 0.488. The summed E-state index contributed by atoms with van der Waals surface area (Å²) < 4.78 is 11.3. The van der Waals surface area contributed by atoms with E-state index in [-0.39, 0.29) is 24.7 Å². The lowest BCUT2D eigenvalue weighted by molar-refractivity contribution is -0.135. The molecule has 1 saturated heterocycles. The van der Waals surface area contributed by atoms with Gasteiger partial charge in [0.15, 0.2) is 6.61 Å². The minimum atomic E-state index is -0.353. The highest BCUT2D eigenvalue weighted by Crippen LogP contribution is 2.30. The van der Waals surface area contributed by atoms with Crippen molar-refractivity contribution < 1.29 is 19.1 Å². The average Bonchev–Trinajstić information content (AvgIpc) is 2.64. The molecule has 0 bridgehead atoms. The molecule has 7 nitrogen and oxygen atoms in total. The Bertz CT molecular complexity index is 897. The highest BCUT2D eigenvalue weighted by atomic mass is 16.5. The van der Waals surface area contributed by atoms with Crippen molar-refractivity contribution in [2.75, 3.05) is 45.9 Å². The summed E-state index contributed by atoms with van der Waals surface area (Å²) in [6.45, 7) is 8.95. The maximum absolute atomic E-state index is 12.5. The quantitative estimate of drug-likeness (QED) is 0.793. The minimum Gasteiger partial charge on any atom is -0.483 e. The second-order valence-electron chi connectivity index (χ2n) is 7.01. The number of hydrogen-bond donors (Lipinski definition) is 1. The third-order valence-corrected chi connectivity index (χ3v) is 5.15. The van der Waals surface area contributed by atoms with Crippen LogP contribution in [0.3, 0.4) is 0 Å². The lowest BCUT2D eigenvalue weighted by atomic mass is 10.0. The number of aliphatic hydroxyl groups is 1. The molecule has 0 radical (unpaired) electrons. The van der Waals surface area contributed by atoms with Gasteiger partial charge in [0.25, 0.3) is 5.91 Å². The van der Waals surface area contributed by atoms with Gasteiger partial charge in [0.1, 0.15) is 11.3 Å². The topological polar surface area (TPSA) is 83.2 Å². The first kappa shape index (κ1) is 19.4. The van der Waals surface area contributed by atoms with Crippen molar-refractivity contribution in [2.24, 2.45) is 0 Å². The van der Waals surface area contributed by atoms with E-state index in [1.807, 2.05) is 19.9 Å². The molecule has 0 spiro atoms. The van der Waals surface area contributed by atoms with Gasteiger partial charge < -0.3 is 19.2 Å². The number of hydrogen-bond acceptors (Lipinski definition) is 6. The summed E-state index contributed by atoms with van der Waals surface area (Å²) in [5.41, 5.74) is 2.37. The van der Waals surface area contributed by atoms with Crippen LogP contribution >= 0.6 is 0 Å². The van der Waals surface area contributed by atoms with Gasteiger partial charge in [0.2, 0.25) is 0 Å². The molecular weight excluding hydrogens is 348 g/mol. The second kappa shape index (κ2) is 8.10. The highest BCUT2D eigenvalue weighted by molar-refractivity contribution is 5.88. The van der Waals surface area contributed by atoms with E-state index in [9.17, 15) is 9.59 Å². The van der Waals surface area contributed by atoms with Crippen LogP contribution in [-0.4, -0.2) is 66.8 Å². The fourth-order valence-electron chi connectivity index (χ4n) is 3.40. The van der Waals surface area contributed by atoms with Gasteiger partial charge in [-0.1, -0.05) is 0 Å². The van der Waals surface area contributed by atoms with Crippen molar-refractivity contribution in [3.05, 3.63) is 39.2 Å². The van der Waals surface area contributed by atoms with E-state index in [1.165, 1.54) is 0 Å². The van der Waals surface area contributed by atoms with Crippen molar-refractivity contribution >= 4 is 16.9 Å². The normalized spacial score (nSPS) is 15.3. The molecule has 0 aliphatic carbocycles. The molecule has 1 aromatic carbocycles. The Morgan fingerprint density at radius 1 is 1.15 bits per heavy atom. The summed E-state index contributed by atoms with van der Waals surface area (Å²) in [6.07, 6.45) is 0. The standard InChI is InChI=1S/C20H26N2O5/c1-13-10-16(19-14(2)15(3)20(25)27-17(19)11-13)26-12-18(24)22-6-4-21(5-7-22)8-9-23/h10-11,23H,4-9,12H2,1-3H3. The van der Waals surface area contributed by atoms with Crippen molar-refractivity contribution in [1.29, 1.82) is 0 Å². The van der Waals surface area contributed by atoms with Gasteiger partial charge in [-0.3, -0.25) is 9.69 Å². The number of amides is 1. The Labute approximate surface area is 158 Å². The van der Waals surface area contributed by atoms with E-state index in [0.29, 0.717) is 36.5 Å². The zero-order chi connectivity index (χ0) is 19.6. The van der Waals surface area contributed by atoms with Crippen LogP contribution in [0, 0.1) is 20.8 Å². The first-order valence-corrected chi connectivity index (χ1v) is 9.19. The van der Waals surface area contributed by atoms with Crippen LogP contribution in [0.2, 0.25) is 0 Å². The molecule has 7 heteroatoms. The zero-order valence-corrected chi connectivity index (χ0v) is 16.1. The van der Waals surface area contributed by atoms with Crippen LogP contribution in [0.25, 0.3) is 11.0 Å². The van der Waals surface area contributed by atoms with Crippen LogP contribution in [0.15, 0.2) is 21.3 Å². The fraction of sp³-hybridized carbons (Fsp3) is 0.500. The molecule has 1 fully saturated rings. The Hall–Kier alpha value is -2.38. The molecule has 0 saturated carbocycles. The van der Waals surface area contributed by atoms with Gasteiger partial charge in [-0.2, -0.15) is 0 Å². The van der Waals surface area contributed by atoms with Crippen molar-refractivity contribution in [1.82, 2.24) is 9.80 Å². The first-order valence-electron chi connectivity index (χ1n) is 9.19. The molecular formula is C20H26N2O5. The lowest BCUT2D eigenvalue weighted by Crippen LogP contribution is -2.50. The van der Waals surface area contributed by atoms with Crippen LogP contribution in [0.1, 0.15) is 16.7 Å². The number of benzene rings is 1. The fourth-order valence-corrected chi connectivity index (χ4v) is 3.40. The number of piperazine rings is 1. The predicted molar refractivity (Wildman–Crippen MR) is 102 cm³/mol. The smallest absolute Gasteiger partial charge is 0.339 e. The van der Waals surface area contributed by atoms with Gasteiger partial charge in [0, 0.05) is 38.3 Å². The summed E-state index contributed by atoms with van der Waals surface area (Å²) in [4.78, 5) is 28.4. The number of aliphatic hydroxyl groups excluding tert-OH is 1. The molecule has 0 atom stereocenters. The highest BCUT2D eigenvalue weighted by Gasteiger charge is 2.22. The largest absolute Gasteiger partial charge is 0.483 e. The second-order valence-corrected chi connectivity index (χ2v) is 7.01. The maximum atomic E-state index is 12.5. The summed E-state index contributed by atoms with van der Waals surface area (Å²) >= 11 is 0. The molecule has 1 N–H and O–H groups in total. The van der Waals surface area contributed by atoms with E-state index in [2.05, 4.69) is 4.90 Å². The van der Waals surface area contributed by atoms with E-state index in [1.54, 1.807) is 17.9 Å². The SMILES string of the molecule is Cc1cc(OCC(=O)N2CCN(CCO)CC2)c2c(C)c(C)c(=O)oc2c1. The Kier molecular flexibility index (Phi) is 5.82. The van der Waals surface area contributed by atoms with Gasteiger partial charge in [-0.05, 0) is 44.0 Å². The van der Waals surface area contributed by atoms with Crippen molar-refractivity contribution in [3.63, 3.8) is 0 Å². The van der Waals surface area contributed by atoms with Crippen LogP contribution in [0.5, 0.6) is 5.75 Å². The molecule has 1 aliphatic rings. The molecule has 3 rings (SSSR count).